The van der Waals surface area contributed by atoms with Gasteiger partial charge in [0.25, 0.3) is 0 Å². The third-order valence-electron chi connectivity index (χ3n) is 4.23. The Morgan fingerprint density at radius 3 is 2.08 bits per heavy atom. The first-order valence-electron chi connectivity index (χ1n) is 8.06. The number of halogens is 3. The molecule has 1 aromatic carbocycles. The Balaban J connectivity index is 2.26. The summed E-state index contributed by atoms with van der Waals surface area (Å²) in [7, 11) is -2.95. The molecule has 146 valence electrons. The van der Waals surface area contributed by atoms with Crippen LogP contribution >= 0.6 is 0 Å². The van der Waals surface area contributed by atoms with Crippen LogP contribution in [0.5, 0.6) is 5.75 Å². The number of rotatable bonds is 5. The summed E-state index contributed by atoms with van der Waals surface area (Å²) in [5.41, 5.74) is -1.37. The molecule has 0 aromatic heterocycles. The molecule has 0 amide bonds. The minimum atomic E-state index is -4.87. The highest BCUT2D eigenvalue weighted by atomic mass is 32.2. The highest BCUT2D eigenvalue weighted by molar-refractivity contribution is 7.89. The number of hydrogen-bond acceptors (Lipinski definition) is 5. The Kier molecular flexibility index (Phi) is 6.17. The first kappa shape index (κ1) is 20.5. The fraction of sp³-hybridized carbons (Fsp3) is 0.562. The molecule has 0 radical (unpaired) electrons. The summed E-state index contributed by atoms with van der Waals surface area (Å²) in [6.07, 6.45) is -1.18. The Hall–Kier alpha value is -1.81. The SMILES string of the molecule is COC(=O)C1(NS(=O)(=O)c2ccc(OC(F)(F)F)cc2)CCCCCC1. The van der Waals surface area contributed by atoms with E-state index in [1.54, 1.807) is 0 Å². The molecule has 2 rings (SSSR count). The number of carbonyl (C=O) groups excluding carboxylic acids is 1. The molecule has 26 heavy (non-hydrogen) atoms. The highest BCUT2D eigenvalue weighted by Crippen LogP contribution is 2.31. The summed E-state index contributed by atoms with van der Waals surface area (Å²) >= 11 is 0. The van der Waals surface area contributed by atoms with E-state index in [4.69, 9.17) is 4.74 Å². The Labute approximate surface area is 149 Å². The third-order valence-corrected chi connectivity index (χ3v) is 5.78. The zero-order chi connectivity index (χ0) is 19.4. The van der Waals surface area contributed by atoms with E-state index < -0.39 is 33.6 Å². The second-order valence-electron chi connectivity index (χ2n) is 6.11. The lowest BCUT2D eigenvalue weighted by Gasteiger charge is -2.30. The van der Waals surface area contributed by atoms with Crippen LogP contribution in [0, 0.1) is 0 Å². The maximum atomic E-state index is 12.7. The zero-order valence-corrected chi connectivity index (χ0v) is 15.0. The fourth-order valence-corrected chi connectivity index (χ4v) is 4.43. The molecule has 1 aliphatic rings. The minimum Gasteiger partial charge on any atom is -0.468 e. The number of hydrogen-bond donors (Lipinski definition) is 1. The van der Waals surface area contributed by atoms with E-state index in [2.05, 4.69) is 9.46 Å². The predicted octanol–water partition coefficient (Wildman–Crippen LogP) is 3.13. The quantitative estimate of drug-likeness (QED) is 0.612. The van der Waals surface area contributed by atoms with Crippen molar-refractivity contribution in [2.75, 3.05) is 7.11 Å². The van der Waals surface area contributed by atoms with Gasteiger partial charge in [-0.15, -0.1) is 13.2 Å². The van der Waals surface area contributed by atoms with E-state index in [-0.39, 0.29) is 4.90 Å². The molecule has 6 nitrogen and oxygen atoms in total. The molecule has 0 saturated heterocycles. The lowest BCUT2D eigenvalue weighted by atomic mass is 9.92. The van der Waals surface area contributed by atoms with E-state index in [0.717, 1.165) is 37.1 Å². The van der Waals surface area contributed by atoms with E-state index in [9.17, 15) is 26.4 Å². The van der Waals surface area contributed by atoms with Gasteiger partial charge in [0.1, 0.15) is 11.3 Å². The van der Waals surface area contributed by atoms with Crippen LogP contribution in [-0.2, 0) is 19.6 Å². The number of esters is 1. The van der Waals surface area contributed by atoms with Gasteiger partial charge in [-0.3, -0.25) is 4.79 Å². The van der Waals surface area contributed by atoms with Crippen LogP contribution in [0.15, 0.2) is 29.2 Å². The molecule has 1 fully saturated rings. The van der Waals surface area contributed by atoms with Crippen molar-refractivity contribution in [3.05, 3.63) is 24.3 Å². The monoisotopic (exact) mass is 395 g/mol. The average molecular weight is 395 g/mol. The van der Waals surface area contributed by atoms with Gasteiger partial charge in [0, 0.05) is 0 Å². The molecule has 0 bridgehead atoms. The van der Waals surface area contributed by atoms with Crippen LogP contribution in [0.4, 0.5) is 13.2 Å². The van der Waals surface area contributed by atoms with Crippen molar-refractivity contribution >= 4 is 16.0 Å². The van der Waals surface area contributed by atoms with Gasteiger partial charge in [0.2, 0.25) is 10.0 Å². The molecule has 1 N–H and O–H groups in total. The summed E-state index contributed by atoms with van der Waals surface area (Å²) in [5.74, 6) is -1.20. The highest BCUT2D eigenvalue weighted by Gasteiger charge is 2.43. The Morgan fingerprint density at radius 1 is 1.08 bits per heavy atom. The van der Waals surface area contributed by atoms with E-state index in [1.165, 1.54) is 7.11 Å². The number of nitrogens with one attached hydrogen (secondary N) is 1. The van der Waals surface area contributed by atoms with Gasteiger partial charge in [-0.2, -0.15) is 4.72 Å². The van der Waals surface area contributed by atoms with Gasteiger partial charge in [-0.25, -0.2) is 8.42 Å². The first-order valence-corrected chi connectivity index (χ1v) is 9.54. The van der Waals surface area contributed by atoms with Gasteiger partial charge in [-0.05, 0) is 37.1 Å². The summed E-state index contributed by atoms with van der Waals surface area (Å²) in [4.78, 5) is 12.0. The van der Waals surface area contributed by atoms with Crippen molar-refractivity contribution < 1.29 is 35.9 Å². The Morgan fingerprint density at radius 2 is 1.62 bits per heavy atom. The molecule has 1 saturated carbocycles. The van der Waals surface area contributed by atoms with Crippen LogP contribution < -0.4 is 9.46 Å². The number of methoxy groups -OCH3 is 1. The molecule has 0 unspecified atom stereocenters. The van der Waals surface area contributed by atoms with Gasteiger partial charge >= 0.3 is 12.3 Å². The standard InChI is InChI=1S/C16H20F3NO5S/c1-24-14(21)15(10-4-2-3-5-11-15)20-26(22,23)13-8-6-12(7-9-13)25-16(17,18)19/h6-9,20H,2-5,10-11H2,1H3. The second kappa shape index (κ2) is 7.83. The van der Waals surface area contributed by atoms with Crippen molar-refractivity contribution in [3.63, 3.8) is 0 Å². The average Bonchev–Trinajstić information content (AvgIpc) is 2.79. The van der Waals surface area contributed by atoms with Gasteiger partial charge in [-0.1, -0.05) is 25.7 Å². The minimum absolute atomic E-state index is 0.264. The van der Waals surface area contributed by atoms with Gasteiger partial charge in [0.05, 0.1) is 12.0 Å². The second-order valence-corrected chi connectivity index (χ2v) is 7.80. The zero-order valence-electron chi connectivity index (χ0n) is 14.1. The van der Waals surface area contributed by atoms with Crippen molar-refractivity contribution in [3.8, 4) is 5.75 Å². The van der Waals surface area contributed by atoms with Crippen LogP contribution in [0.3, 0.4) is 0 Å². The van der Waals surface area contributed by atoms with E-state index in [1.807, 2.05) is 0 Å². The fourth-order valence-electron chi connectivity index (χ4n) is 3.01. The van der Waals surface area contributed by atoms with Gasteiger partial charge in [0.15, 0.2) is 0 Å². The normalized spacial score (nSPS) is 18.0. The number of ether oxygens (including phenoxy) is 2. The summed E-state index contributed by atoms with van der Waals surface area (Å²) < 4.78 is 72.8. The van der Waals surface area contributed by atoms with Crippen LogP contribution in [-0.4, -0.2) is 33.4 Å². The number of benzene rings is 1. The van der Waals surface area contributed by atoms with E-state index >= 15 is 0 Å². The molecular formula is C16H20F3NO5S. The number of alkyl halides is 3. The molecule has 0 heterocycles. The first-order chi connectivity index (χ1) is 12.1. The molecule has 0 atom stereocenters. The van der Waals surface area contributed by atoms with Crippen molar-refractivity contribution in [2.24, 2.45) is 0 Å². The Bertz CT molecular complexity index is 723. The molecular weight excluding hydrogens is 375 g/mol. The molecule has 0 spiro atoms. The van der Waals surface area contributed by atoms with E-state index in [0.29, 0.717) is 25.7 Å². The van der Waals surface area contributed by atoms with Crippen LogP contribution in [0.2, 0.25) is 0 Å². The predicted molar refractivity (Wildman–Crippen MR) is 85.9 cm³/mol. The molecule has 10 heteroatoms. The maximum absolute atomic E-state index is 12.7. The van der Waals surface area contributed by atoms with Crippen molar-refractivity contribution in [1.82, 2.24) is 4.72 Å². The topological polar surface area (TPSA) is 81.7 Å². The lowest BCUT2D eigenvalue weighted by molar-refractivity contribution is -0.274. The lowest BCUT2D eigenvalue weighted by Crippen LogP contribution is -2.54. The summed E-state index contributed by atoms with van der Waals surface area (Å²) in [5, 5.41) is 0. The van der Waals surface area contributed by atoms with Crippen LogP contribution in [0.25, 0.3) is 0 Å². The van der Waals surface area contributed by atoms with Crippen LogP contribution in [0.1, 0.15) is 38.5 Å². The summed E-state index contributed by atoms with van der Waals surface area (Å²) in [6.45, 7) is 0. The molecule has 0 aliphatic heterocycles. The third kappa shape index (κ3) is 5.10. The van der Waals surface area contributed by atoms with Crippen molar-refractivity contribution in [2.45, 2.75) is 55.3 Å². The smallest absolute Gasteiger partial charge is 0.468 e. The largest absolute Gasteiger partial charge is 0.573 e. The maximum Gasteiger partial charge on any atom is 0.573 e. The molecule has 1 aromatic rings. The molecule has 1 aliphatic carbocycles. The number of sulfonamides is 1. The summed E-state index contributed by atoms with van der Waals surface area (Å²) in [6, 6.07) is 3.79. The van der Waals surface area contributed by atoms with Gasteiger partial charge < -0.3 is 9.47 Å². The van der Waals surface area contributed by atoms with Crippen molar-refractivity contribution in [1.29, 1.82) is 0 Å². The number of carbonyl (C=O) groups is 1.